The first kappa shape index (κ1) is 17.8. The Labute approximate surface area is 177 Å². The molecule has 4 aromatic rings. The summed E-state index contributed by atoms with van der Waals surface area (Å²) < 4.78 is 9.81. The van der Waals surface area contributed by atoms with Gasteiger partial charge in [0.15, 0.2) is 11.6 Å². The average Bonchev–Trinajstić information content (AvgIpc) is 3.39. The molecule has 0 spiro atoms. The molecule has 0 unspecified atom stereocenters. The molecule has 6 rings (SSSR count). The Hall–Kier alpha value is -4.01. The smallest absolute Gasteiger partial charge is 0.274 e. The molecule has 9 nitrogen and oxygen atoms in total. The maximum absolute atomic E-state index is 13.0. The van der Waals surface area contributed by atoms with Crippen molar-refractivity contribution in [2.45, 2.75) is 25.3 Å². The molecule has 0 saturated heterocycles. The average molecular weight is 413 g/mol. The lowest BCUT2D eigenvalue weighted by Gasteiger charge is -2.13. The summed E-state index contributed by atoms with van der Waals surface area (Å²) >= 11 is 0. The highest BCUT2D eigenvalue weighted by atomic mass is 16.5. The highest BCUT2D eigenvalue weighted by molar-refractivity contribution is 6.04. The van der Waals surface area contributed by atoms with Crippen molar-refractivity contribution in [3.05, 3.63) is 66.8 Å². The summed E-state index contributed by atoms with van der Waals surface area (Å²) in [6, 6.07) is 9.19. The van der Waals surface area contributed by atoms with Crippen molar-refractivity contribution in [2.24, 2.45) is 0 Å². The summed E-state index contributed by atoms with van der Waals surface area (Å²) in [4.78, 5) is 21.7. The number of rotatable bonds is 4. The lowest BCUT2D eigenvalue weighted by Crippen LogP contribution is -2.15. The van der Waals surface area contributed by atoms with Gasteiger partial charge in [-0.15, -0.1) is 10.2 Å². The van der Waals surface area contributed by atoms with Crippen molar-refractivity contribution in [3.8, 4) is 22.8 Å². The first-order valence-electron chi connectivity index (χ1n) is 10.2. The molecule has 1 aromatic carbocycles. The van der Waals surface area contributed by atoms with Gasteiger partial charge in [0.1, 0.15) is 18.6 Å². The molecule has 154 valence electrons. The van der Waals surface area contributed by atoms with Crippen LogP contribution < -0.4 is 10.1 Å². The number of para-hydroxylation sites is 1. The molecule has 2 aliphatic rings. The van der Waals surface area contributed by atoms with E-state index in [-0.39, 0.29) is 5.91 Å². The normalized spacial score (nSPS) is 14.8. The van der Waals surface area contributed by atoms with Crippen molar-refractivity contribution in [3.63, 3.8) is 0 Å². The minimum absolute atomic E-state index is 0.313. The lowest BCUT2D eigenvalue weighted by atomic mass is 10.1. The quantitative estimate of drug-likeness (QED) is 0.552. The number of amides is 1. The zero-order chi connectivity index (χ0) is 20.8. The number of benzene rings is 1. The number of nitrogens with one attached hydrogen (secondary N) is 1. The Morgan fingerprint density at radius 2 is 2.10 bits per heavy atom. The fraction of sp³-hybridized carbons (Fsp3) is 0.227. The lowest BCUT2D eigenvalue weighted by molar-refractivity contribution is 0.102. The molecule has 31 heavy (non-hydrogen) atoms. The first-order chi connectivity index (χ1) is 15.3. The van der Waals surface area contributed by atoms with Gasteiger partial charge in [0.05, 0.1) is 35.5 Å². The van der Waals surface area contributed by atoms with E-state index in [0.29, 0.717) is 36.2 Å². The third-order valence-electron chi connectivity index (χ3n) is 5.57. The van der Waals surface area contributed by atoms with Crippen LogP contribution in [-0.2, 0) is 6.54 Å². The summed E-state index contributed by atoms with van der Waals surface area (Å²) in [7, 11) is 0. The van der Waals surface area contributed by atoms with Crippen LogP contribution in [-0.4, -0.2) is 41.8 Å². The fourth-order valence-electron chi connectivity index (χ4n) is 3.80. The molecule has 4 heterocycles. The molecule has 1 aliphatic heterocycles. The SMILES string of the molecule is O=C(Nc1cccc2c1OCCn1cnnc1-2)c1cc(-n2cnc(C3CC3)c2)ccn1. The third-order valence-corrected chi connectivity index (χ3v) is 5.57. The van der Waals surface area contributed by atoms with Gasteiger partial charge in [-0.3, -0.25) is 9.78 Å². The van der Waals surface area contributed by atoms with Crippen LogP contribution in [0, 0.1) is 0 Å². The number of fused-ring (bicyclic) bond motifs is 3. The van der Waals surface area contributed by atoms with Gasteiger partial charge in [0, 0.05) is 18.3 Å². The molecule has 1 N–H and O–H groups in total. The van der Waals surface area contributed by atoms with Gasteiger partial charge < -0.3 is 19.2 Å². The van der Waals surface area contributed by atoms with Crippen LogP contribution >= 0.6 is 0 Å². The van der Waals surface area contributed by atoms with E-state index in [0.717, 1.165) is 22.8 Å². The second-order valence-electron chi connectivity index (χ2n) is 7.71. The number of ether oxygens (including phenoxy) is 1. The second-order valence-corrected chi connectivity index (χ2v) is 7.71. The van der Waals surface area contributed by atoms with Crippen LogP contribution in [0.2, 0.25) is 0 Å². The van der Waals surface area contributed by atoms with Crippen LogP contribution in [0.1, 0.15) is 34.9 Å². The summed E-state index contributed by atoms with van der Waals surface area (Å²) in [6.07, 6.45) is 9.51. The van der Waals surface area contributed by atoms with E-state index in [1.807, 2.05) is 39.6 Å². The first-order valence-corrected chi connectivity index (χ1v) is 10.2. The van der Waals surface area contributed by atoms with Crippen LogP contribution in [0.15, 0.2) is 55.4 Å². The predicted molar refractivity (Wildman–Crippen MR) is 112 cm³/mol. The van der Waals surface area contributed by atoms with E-state index in [1.54, 1.807) is 24.9 Å². The van der Waals surface area contributed by atoms with Gasteiger partial charge in [-0.25, -0.2) is 4.98 Å². The second kappa shape index (κ2) is 7.05. The Bertz CT molecular complexity index is 1290. The van der Waals surface area contributed by atoms with Crippen molar-refractivity contribution in [1.82, 2.24) is 29.3 Å². The summed E-state index contributed by atoms with van der Waals surface area (Å²) in [5.74, 6) is 1.56. The van der Waals surface area contributed by atoms with Gasteiger partial charge in [-0.05, 0) is 37.1 Å². The van der Waals surface area contributed by atoms with E-state index in [2.05, 4.69) is 25.5 Å². The topological polar surface area (TPSA) is 99.8 Å². The predicted octanol–water partition coefficient (Wildman–Crippen LogP) is 3.05. The molecule has 1 amide bonds. The zero-order valence-electron chi connectivity index (χ0n) is 16.6. The fourth-order valence-corrected chi connectivity index (χ4v) is 3.80. The van der Waals surface area contributed by atoms with Gasteiger partial charge in [-0.2, -0.15) is 0 Å². The van der Waals surface area contributed by atoms with Crippen LogP contribution in [0.25, 0.3) is 17.1 Å². The van der Waals surface area contributed by atoms with Gasteiger partial charge in [0.2, 0.25) is 0 Å². The Kier molecular flexibility index (Phi) is 4.05. The number of imidazole rings is 1. The zero-order valence-corrected chi connectivity index (χ0v) is 16.6. The highest BCUT2D eigenvalue weighted by Crippen LogP contribution is 2.39. The summed E-state index contributed by atoms with van der Waals surface area (Å²) in [5, 5.41) is 11.1. The molecule has 0 atom stereocenters. The third kappa shape index (κ3) is 3.24. The number of anilines is 1. The number of hydrogen-bond acceptors (Lipinski definition) is 6. The number of nitrogens with zero attached hydrogens (tertiary/aromatic N) is 6. The Morgan fingerprint density at radius 1 is 1.16 bits per heavy atom. The summed E-state index contributed by atoms with van der Waals surface area (Å²) in [5.41, 5.74) is 3.62. The molecule has 1 fully saturated rings. The summed E-state index contributed by atoms with van der Waals surface area (Å²) in [6.45, 7) is 1.10. The molecule has 9 heteroatoms. The van der Waals surface area contributed by atoms with E-state index < -0.39 is 0 Å². The number of aromatic nitrogens is 6. The van der Waals surface area contributed by atoms with Gasteiger partial charge in [-0.1, -0.05) is 6.07 Å². The molecular weight excluding hydrogens is 394 g/mol. The number of carbonyl (C=O) groups is 1. The molecule has 1 saturated carbocycles. The van der Waals surface area contributed by atoms with Gasteiger partial charge in [0.25, 0.3) is 5.91 Å². The standard InChI is InChI=1S/C22H19N7O2/c30-22(18-10-15(6-7-23-18)29-11-19(24-12-29)14-4-5-14)26-17-3-1-2-16-20(17)31-9-8-28-13-25-27-21(16)28/h1-3,6-7,10-14H,4-5,8-9H2,(H,26,30). The van der Waals surface area contributed by atoms with Crippen molar-refractivity contribution in [1.29, 1.82) is 0 Å². The molecular formula is C22H19N7O2. The molecule has 0 radical (unpaired) electrons. The highest BCUT2D eigenvalue weighted by Gasteiger charge is 2.26. The van der Waals surface area contributed by atoms with E-state index in [1.165, 1.54) is 12.8 Å². The largest absolute Gasteiger partial charge is 0.489 e. The molecule has 0 bridgehead atoms. The number of carbonyl (C=O) groups excluding carboxylic acids is 1. The van der Waals surface area contributed by atoms with E-state index >= 15 is 0 Å². The van der Waals surface area contributed by atoms with Gasteiger partial charge >= 0.3 is 0 Å². The van der Waals surface area contributed by atoms with Crippen molar-refractivity contribution in [2.75, 3.05) is 11.9 Å². The minimum atomic E-state index is -0.313. The van der Waals surface area contributed by atoms with E-state index in [4.69, 9.17) is 4.74 Å². The Morgan fingerprint density at radius 3 is 3.00 bits per heavy atom. The number of pyridine rings is 1. The Balaban J connectivity index is 1.29. The van der Waals surface area contributed by atoms with Crippen molar-refractivity contribution >= 4 is 11.6 Å². The molecule has 3 aromatic heterocycles. The number of hydrogen-bond donors (Lipinski definition) is 1. The van der Waals surface area contributed by atoms with E-state index in [9.17, 15) is 4.79 Å². The van der Waals surface area contributed by atoms with Crippen LogP contribution in [0.4, 0.5) is 5.69 Å². The molecule has 1 aliphatic carbocycles. The maximum atomic E-state index is 13.0. The maximum Gasteiger partial charge on any atom is 0.274 e. The van der Waals surface area contributed by atoms with Crippen LogP contribution in [0.5, 0.6) is 5.75 Å². The van der Waals surface area contributed by atoms with Crippen molar-refractivity contribution < 1.29 is 9.53 Å². The monoisotopic (exact) mass is 413 g/mol. The minimum Gasteiger partial charge on any atom is -0.489 e. The van der Waals surface area contributed by atoms with Crippen LogP contribution in [0.3, 0.4) is 0 Å².